The summed E-state index contributed by atoms with van der Waals surface area (Å²) < 4.78 is 19.1. The van der Waals surface area contributed by atoms with Crippen molar-refractivity contribution in [2.24, 2.45) is 0 Å². The third-order valence-corrected chi connectivity index (χ3v) is 4.85. The van der Waals surface area contributed by atoms with E-state index in [1.807, 2.05) is 6.92 Å². The number of ether oxygens (including phenoxy) is 1. The summed E-state index contributed by atoms with van der Waals surface area (Å²) in [6.07, 6.45) is 0.738. The molecule has 25 heavy (non-hydrogen) atoms. The van der Waals surface area contributed by atoms with Crippen LogP contribution in [0.4, 0.5) is 15.9 Å². The minimum Gasteiger partial charge on any atom is -0.462 e. The molecule has 0 unspecified atom stereocenters. The zero-order chi connectivity index (χ0) is 18.0. The number of hydrogen-bond acceptors (Lipinski definition) is 6. The van der Waals surface area contributed by atoms with Gasteiger partial charge in [-0.15, -0.1) is 11.3 Å². The Labute approximate surface area is 152 Å². The third-order valence-electron chi connectivity index (χ3n) is 3.51. The van der Waals surface area contributed by atoms with Crippen LogP contribution in [-0.4, -0.2) is 22.5 Å². The molecule has 5 nitrogen and oxygen atoms in total. The summed E-state index contributed by atoms with van der Waals surface area (Å²) in [4.78, 5) is 21.6. The largest absolute Gasteiger partial charge is 0.462 e. The average Bonchev–Trinajstić information content (AvgIpc) is 2.91. The first-order valence-electron chi connectivity index (χ1n) is 7.66. The van der Waals surface area contributed by atoms with E-state index < -0.39 is 11.8 Å². The quantitative estimate of drug-likeness (QED) is 0.493. The second-order valence-electron chi connectivity index (χ2n) is 5.32. The highest BCUT2D eigenvalue weighted by Crippen LogP contribution is 2.36. The predicted octanol–water partition coefficient (Wildman–Crippen LogP) is 5.10. The molecular weight excluding hydrogens is 365 g/mol. The number of benzene rings is 1. The maximum atomic E-state index is 13.9. The maximum Gasteiger partial charge on any atom is 0.348 e. The molecule has 0 amide bonds. The van der Waals surface area contributed by atoms with Gasteiger partial charge >= 0.3 is 5.97 Å². The number of fused-ring (bicyclic) bond motifs is 1. The van der Waals surface area contributed by atoms with Crippen molar-refractivity contribution in [1.82, 2.24) is 9.97 Å². The lowest BCUT2D eigenvalue weighted by Gasteiger charge is -2.09. The first-order chi connectivity index (χ1) is 12.0. The fraction of sp³-hybridized carbons (Fsp3) is 0.235. The van der Waals surface area contributed by atoms with Crippen LogP contribution in [0.5, 0.6) is 0 Å². The number of thiophene rings is 1. The summed E-state index contributed by atoms with van der Waals surface area (Å²) in [6, 6.07) is 6.24. The Morgan fingerprint density at radius 3 is 2.84 bits per heavy atom. The van der Waals surface area contributed by atoms with E-state index in [4.69, 9.17) is 16.3 Å². The molecule has 0 saturated carbocycles. The van der Waals surface area contributed by atoms with E-state index in [-0.39, 0.29) is 11.0 Å². The van der Waals surface area contributed by atoms with Gasteiger partial charge in [0, 0.05) is 0 Å². The van der Waals surface area contributed by atoms with Gasteiger partial charge in [-0.05, 0) is 42.6 Å². The number of carbonyl (C=O) groups is 1. The van der Waals surface area contributed by atoms with Crippen molar-refractivity contribution in [2.75, 3.05) is 11.9 Å². The van der Waals surface area contributed by atoms with Crippen molar-refractivity contribution in [1.29, 1.82) is 0 Å². The zero-order valence-electron chi connectivity index (χ0n) is 13.6. The molecule has 2 heterocycles. The molecule has 0 aliphatic rings. The van der Waals surface area contributed by atoms with Crippen molar-refractivity contribution in [3.8, 4) is 0 Å². The van der Waals surface area contributed by atoms with Crippen LogP contribution in [0.25, 0.3) is 10.2 Å². The summed E-state index contributed by atoms with van der Waals surface area (Å²) in [7, 11) is 0. The number of esters is 1. The first kappa shape index (κ1) is 17.6. The van der Waals surface area contributed by atoms with E-state index in [0.717, 1.165) is 6.42 Å². The summed E-state index contributed by atoms with van der Waals surface area (Å²) in [5, 5.41) is 3.58. The van der Waals surface area contributed by atoms with Gasteiger partial charge in [0.25, 0.3) is 0 Å². The van der Waals surface area contributed by atoms with Gasteiger partial charge in [0.05, 0.1) is 17.7 Å². The molecule has 1 N–H and O–H groups in total. The van der Waals surface area contributed by atoms with Crippen molar-refractivity contribution in [3.05, 3.63) is 45.8 Å². The van der Waals surface area contributed by atoms with Crippen LogP contribution in [0.1, 0.15) is 28.6 Å². The molecule has 130 valence electrons. The van der Waals surface area contributed by atoms with E-state index in [2.05, 4.69) is 15.3 Å². The summed E-state index contributed by atoms with van der Waals surface area (Å²) >= 11 is 7.17. The Morgan fingerprint density at radius 2 is 2.12 bits per heavy atom. The maximum absolute atomic E-state index is 13.9. The van der Waals surface area contributed by atoms with Crippen molar-refractivity contribution in [2.45, 2.75) is 20.3 Å². The number of para-hydroxylation sites is 1. The van der Waals surface area contributed by atoms with E-state index in [1.165, 1.54) is 17.4 Å². The standard InChI is InChI=1S/C17H15ClFN3O2S/c1-3-8-24-16(23)13-9(2)12-14(21-17(18)22-15(12)25-13)20-11-7-5-4-6-10(11)19/h4-7H,3,8H2,1-2H3,(H,20,21,22). The molecule has 0 bridgehead atoms. The summed E-state index contributed by atoms with van der Waals surface area (Å²) in [6.45, 7) is 4.05. The van der Waals surface area contributed by atoms with Crippen molar-refractivity contribution < 1.29 is 13.9 Å². The SMILES string of the molecule is CCCOC(=O)c1sc2nc(Cl)nc(Nc3ccccc3F)c2c1C. The van der Waals surface area contributed by atoms with E-state index in [0.29, 0.717) is 33.1 Å². The van der Waals surface area contributed by atoms with Gasteiger partial charge in [-0.25, -0.2) is 14.2 Å². The Hall–Kier alpha value is -2.25. The lowest BCUT2D eigenvalue weighted by Crippen LogP contribution is -2.05. The average molecular weight is 380 g/mol. The molecule has 3 rings (SSSR count). The Kier molecular flexibility index (Phi) is 5.15. The highest BCUT2D eigenvalue weighted by atomic mass is 35.5. The first-order valence-corrected chi connectivity index (χ1v) is 8.86. The van der Waals surface area contributed by atoms with Gasteiger partial charge in [-0.1, -0.05) is 19.1 Å². The number of anilines is 2. The molecule has 0 aliphatic heterocycles. The van der Waals surface area contributed by atoms with Gasteiger partial charge in [-0.2, -0.15) is 4.98 Å². The molecule has 0 saturated heterocycles. The third kappa shape index (κ3) is 3.57. The molecule has 3 aromatic rings. The van der Waals surface area contributed by atoms with Crippen molar-refractivity contribution in [3.63, 3.8) is 0 Å². The fourth-order valence-electron chi connectivity index (χ4n) is 2.35. The smallest absolute Gasteiger partial charge is 0.348 e. The normalized spacial score (nSPS) is 10.9. The molecule has 0 radical (unpaired) electrons. The lowest BCUT2D eigenvalue weighted by atomic mass is 10.2. The van der Waals surface area contributed by atoms with Crippen LogP contribution in [0.15, 0.2) is 24.3 Å². The Balaban J connectivity index is 2.08. The fourth-order valence-corrected chi connectivity index (χ4v) is 3.64. The number of aromatic nitrogens is 2. The van der Waals surface area contributed by atoms with Crippen LogP contribution in [0.3, 0.4) is 0 Å². The van der Waals surface area contributed by atoms with Gasteiger partial charge in [-0.3, -0.25) is 0 Å². The number of hydrogen-bond donors (Lipinski definition) is 1. The highest BCUT2D eigenvalue weighted by molar-refractivity contribution is 7.20. The number of carbonyl (C=O) groups excluding carboxylic acids is 1. The Bertz CT molecular complexity index is 945. The van der Waals surface area contributed by atoms with Crippen LogP contribution >= 0.6 is 22.9 Å². The number of nitrogens with one attached hydrogen (secondary N) is 1. The molecule has 2 aromatic heterocycles. The van der Waals surface area contributed by atoms with Crippen LogP contribution in [0, 0.1) is 12.7 Å². The van der Waals surface area contributed by atoms with E-state index in [9.17, 15) is 9.18 Å². The summed E-state index contributed by atoms with van der Waals surface area (Å²) in [5.41, 5.74) is 0.941. The summed E-state index contributed by atoms with van der Waals surface area (Å²) in [5.74, 6) is -0.473. The topological polar surface area (TPSA) is 64.1 Å². The van der Waals surface area contributed by atoms with Crippen LogP contribution < -0.4 is 5.32 Å². The number of rotatable bonds is 5. The molecule has 0 fully saturated rings. The van der Waals surface area contributed by atoms with Gasteiger partial charge in [0.15, 0.2) is 0 Å². The second-order valence-corrected chi connectivity index (χ2v) is 6.66. The molecule has 0 aliphatic carbocycles. The second kappa shape index (κ2) is 7.33. The minimum absolute atomic E-state index is 0.0149. The zero-order valence-corrected chi connectivity index (χ0v) is 15.2. The number of aryl methyl sites for hydroxylation is 1. The number of nitrogens with zero attached hydrogens (tertiary/aromatic N) is 2. The van der Waals surface area contributed by atoms with Gasteiger partial charge in [0.2, 0.25) is 5.28 Å². The van der Waals surface area contributed by atoms with Gasteiger partial charge in [0.1, 0.15) is 21.3 Å². The molecule has 1 aromatic carbocycles. The minimum atomic E-state index is -0.416. The monoisotopic (exact) mass is 379 g/mol. The van der Waals surface area contributed by atoms with E-state index in [1.54, 1.807) is 25.1 Å². The highest BCUT2D eigenvalue weighted by Gasteiger charge is 2.21. The molecular formula is C17H15ClFN3O2S. The van der Waals surface area contributed by atoms with Gasteiger partial charge < -0.3 is 10.1 Å². The van der Waals surface area contributed by atoms with E-state index >= 15 is 0 Å². The molecule has 0 atom stereocenters. The van der Waals surface area contributed by atoms with Crippen molar-refractivity contribution >= 4 is 50.6 Å². The predicted molar refractivity (Wildman–Crippen MR) is 97.4 cm³/mol. The Morgan fingerprint density at radius 1 is 1.36 bits per heavy atom. The number of halogens is 2. The van der Waals surface area contributed by atoms with Crippen LogP contribution in [0.2, 0.25) is 5.28 Å². The lowest BCUT2D eigenvalue weighted by molar-refractivity contribution is 0.0510. The molecule has 8 heteroatoms. The van der Waals surface area contributed by atoms with Crippen LogP contribution in [-0.2, 0) is 4.74 Å². The molecule has 0 spiro atoms.